The van der Waals surface area contributed by atoms with E-state index in [1.54, 1.807) is 18.7 Å². The number of rotatable bonds is 3. The van der Waals surface area contributed by atoms with Gasteiger partial charge in [-0.1, -0.05) is 0 Å². The van der Waals surface area contributed by atoms with Crippen molar-refractivity contribution in [2.75, 3.05) is 13.6 Å². The van der Waals surface area contributed by atoms with E-state index in [1.165, 1.54) is 4.90 Å². The van der Waals surface area contributed by atoms with Crippen LogP contribution in [-0.2, 0) is 7.05 Å². The highest BCUT2D eigenvalue weighted by Crippen LogP contribution is 2.14. The second kappa shape index (κ2) is 4.65. The number of aryl methyl sites for hydroxylation is 2. The minimum absolute atomic E-state index is 0.0935. The maximum Gasteiger partial charge on any atom is 0.257 e. The molecule has 90 valence electrons. The molecule has 1 aromatic heterocycles. The van der Waals surface area contributed by atoms with Gasteiger partial charge in [0.1, 0.15) is 0 Å². The number of carbonyl (C=O) groups excluding carboxylic acids is 1. The van der Waals surface area contributed by atoms with Crippen molar-refractivity contribution < 1.29 is 9.90 Å². The zero-order chi connectivity index (χ0) is 12.5. The largest absolute Gasteiger partial charge is 0.392 e. The molecule has 0 bridgehead atoms. The average Bonchev–Trinajstić information content (AvgIpc) is 2.39. The van der Waals surface area contributed by atoms with E-state index >= 15 is 0 Å². The Morgan fingerprint density at radius 1 is 1.56 bits per heavy atom. The molecule has 5 heteroatoms. The fourth-order valence-electron chi connectivity index (χ4n) is 1.75. The first kappa shape index (κ1) is 12.7. The lowest BCUT2D eigenvalue weighted by Gasteiger charge is -2.18. The summed E-state index contributed by atoms with van der Waals surface area (Å²) in [7, 11) is 3.49. The third-order valence-corrected chi connectivity index (χ3v) is 2.61. The highest BCUT2D eigenvalue weighted by Gasteiger charge is 2.21. The van der Waals surface area contributed by atoms with Crippen LogP contribution in [0.4, 0.5) is 0 Å². The molecule has 0 saturated carbocycles. The Morgan fingerprint density at radius 2 is 2.12 bits per heavy atom. The lowest BCUT2D eigenvalue weighted by Crippen LogP contribution is -2.33. The molecule has 0 spiro atoms. The predicted molar refractivity (Wildman–Crippen MR) is 61.3 cm³/mol. The summed E-state index contributed by atoms with van der Waals surface area (Å²) in [6.07, 6.45) is -0.522. The van der Waals surface area contributed by atoms with Crippen molar-refractivity contribution in [2.45, 2.75) is 26.9 Å². The zero-order valence-electron chi connectivity index (χ0n) is 10.5. The standard InChI is InChI=1S/C11H19N3O2/c1-7(15)6-13(4)11(16)10-8(2)12-14(5)9(10)3/h7,15H,6H2,1-5H3. The first-order valence-electron chi connectivity index (χ1n) is 5.28. The molecule has 1 rings (SSSR count). The molecule has 1 aromatic rings. The third kappa shape index (κ3) is 2.41. The van der Waals surface area contributed by atoms with Crippen molar-refractivity contribution in [3.8, 4) is 0 Å². The summed E-state index contributed by atoms with van der Waals surface area (Å²) in [4.78, 5) is 13.6. The Hall–Kier alpha value is -1.36. The van der Waals surface area contributed by atoms with Crippen LogP contribution in [0.5, 0.6) is 0 Å². The van der Waals surface area contributed by atoms with Gasteiger partial charge in [-0.05, 0) is 20.8 Å². The van der Waals surface area contributed by atoms with Gasteiger partial charge in [-0.15, -0.1) is 0 Å². The van der Waals surface area contributed by atoms with Crippen molar-refractivity contribution >= 4 is 5.91 Å². The van der Waals surface area contributed by atoms with Crippen LogP contribution in [0.15, 0.2) is 0 Å². The summed E-state index contributed by atoms with van der Waals surface area (Å²) < 4.78 is 1.69. The molecule has 16 heavy (non-hydrogen) atoms. The summed E-state index contributed by atoms with van der Waals surface area (Å²) in [5, 5.41) is 13.4. The Labute approximate surface area is 95.7 Å². The maximum absolute atomic E-state index is 12.1. The Morgan fingerprint density at radius 3 is 2.50 bits per heavy atom. The number of aromatic nitrogens is 2. The topological polar surface area (TPSA) is 58.4 Å². The van der Waals surface area contributed by atoms with Crippen molar-refractivity contribution in [1.82, 2.24) is 14.7 Å². The van der Waals surface area contributed by atoms with Crippen LogP contribution in [-0.4, -0.2) is 45.4 Å². The molecule has 1 unspecified atom stereocenters. The van der Waals surface area contributed by atoms with E-state index in [-0.39, 0.29) is 5.91 Å². The lowest BCUT2D eigenvalue weighted by molar-refractivity contribution is 0.0702. The Balaban J connectivity index is 2.96. The van der Waals surface area contributed by atoms with E-state index in [0.29, 0.717) is 12.1 Å². The van der Waals surface area contributed by atoms with E-state index < -0.39 is 6.10 Å². The lowest BCUT2D eigenvalue weighted by atomic mass is 10.1. The van der Waals surface area contributed by atoms with Gasteiger partial charge in [0.25, 0.3) is 5.91 Å². The Bertz CT molecular complexity index is 396. The molecule has 0 aromatic carbocycles. The van der Waals surface area contributed by atoms with Crippen LogP contribution in [0, 0.1) is 13.8 Å². The van der Waals surface area contributed by atoms with Gasteiger partial charge in [-0.25, -0.2) is 0 Å². The normalized spacial score (nSPS) is 12.6. The molecule has 0 radical (unpaired) electrons. The number of hydrogen-bond acceptors (Lipinski definition) is 3. The van der Waals surface area contributed by atoms with E-state index in [9.17, 15) is 9.90 Å². The highest BCUT2D eigenvalue weighted by molar-refractivity contribution is 5.96. The zero-order valence-corrected chi connectivity index (χ0v) is 10.5. The van der Waals surface area contributed by atoms with Crippen LogP contribution >= 0.6 is 0 Å². The second-order valence-electron chi connectivity index (χ2n) is 4.20. The van der Waals surface area contributed by atoms with Gasteiger partial charge < -0.3 is 10.0 Å². The fourth-order valence-corrected chi connectivity index (χ4v) is 1.75. The van der Waals surface area contributed by atoms with Crippen LogP contribution in [0.25, 0.3) is 0 Å². The second-order valence-corrected chi connectivity index (χ2v) is 4.20. The van der Waals surface area contributed by atoms with E-state index in [0.717, 1.165) is 11.4 Å². The first-order chi connectivity index (χ1) is 7.34. The van der Waals surface area contributed by atoms with Gasteiger partial charge in [-0.2, -0.15) is 5.10 Å². The minimum atomic E-state index is -0.522. The van der Waals surface area contributed by atoms with Crippen molar-refractivity contribution in [2.24, 2.45) is 7.05 Å². The number of amides is 1. The van der Waals surface area contributed by atoms with Gasteiger partial charge in [0.05, 0.1) is 17.4 Å². The molecule has 0 saturated heterocycles. The molecule has 1 N–H and O–H groups in total. The quantitative estimate of drug-likeness (QED) is 0.814. The number of aliphatic hydroxyl groups is 1. The molecule has 0 aliphatic rings. The van der Waals surface area contributed by atoms with E-state index in [1.807, 2.05) is 20.9 Å². The number of likely N-dealkylation sites (N-methyl/N-ethyl adjacent to an activating group) is 1. The molecule has 5 nitrogen and oxygen atoms in total. The number of aliphatic hydroxyl groups excluding tert-OH is 1. The molecule has 1 amide bonds. The van der Waals surface area contributed by atoms with Gasteiger partial charge >= 0.3 is 0 Å². The molecule has 0 aliphatic heterocycles. The summed E-state index contributed by atoms with van der Waals surface area (Å²) in [5.41, 5.74) is 2.20. The van der Waals surface area contributed by atoms with E-state index in [2.05, 4.69) is 5.10 Å². The van der Waals surface area contributed by atoms with Gasteiger partial charge in [-0.3, -0.25) is 9.48 Å². The molecule has 0 fully saturated rings. The Kier molecular flexibility index (Phi) is 3.70. The summed E-state index contributed by atoms with van der Waals surface area (Å²) in [6, 6.07) is 0. The minimum Gasteiger partial charge on any atom is -0.392 e. The molecule has 0 aliphatic carbocycles. The SMILES string of the molecule is Cc1nn(C)c(C)c1C(=O)N(C)CC(C)O. The number of carbonyl (C=O) groups is 1. The summed E-state index contributed by atoms with van der Waals surface area (Å²) >= 11 is 0. The summed E-state index contributed by atoms with van der Waals surface area (Å²) in [5.74, 6) is -0.0935. The fraction of sp³-hybridized carbons (Fsp3) is 0.636. The van der Waals surface area contributed by atoms with Gasteiger partial charge in [0.2, 0.25) is 0 Å². The number of nitrogens with zero attached hydrogens (tertiary/aromatic N) is 3. The van der Waals surface area contributed by atoms with Crippen molar-refractivity contribution in [1.29, 1.82) is 0 Å². The van der Waals surface area contributed by atoms with Crippen LogP contribution in [0.1, 0.15) is 28.7 Å². The number of hydrogen-bond donors (Lipinski definition) is 1. The highest BCUT2D eigenvalue weighted by atomic mass is 16.3. The van der Waals surface area contributed by atoms with Crippen LogP contribution in [0.2, 0.25) is 0 Å². The molecule has 1 atom stereocenters. The smallest absolute Gasteiger partial charge is 0.257 e. The molecular weight excluding hydrogens is 206 g/mol. The van der Waals surface area contributed by atoms with Gasteiger partial charge in [0.15, 0.2) is 0 Å². The molecular formula is C11H19N3O2. The monoisotopic (exact) mass is 225 g/mol. The predicted octanol–water partition coefficient (Wildman–Crippen LogP) is 0.490. The summed E-state index contributed by atoms with van der Waals surface area (Å²) in [6.45, 7) is 5.67. The van der Waals surface area contributed by atoms with Crippen molar-refractivity contribution in [3.05, 3.63) is 17.0 Å². The third-order valence-electron chi connectivity index (χ3n) is 2.61. The maximum atomic E-state index is 12.1. The van der Waals surface area contributed by atoms with Crippen molar-refractivity contribution in [3.63, 3.8) is 0 Å². The van der Waals surface area contributed by atoms with E-state index in [4.69, 9.17) is 0 Å². The van der Waals surface area contributed by atoms with Crippen LogP contribution < -0.4 is 0 Å². The van der Waals surface area contributed by atoms with Crippen LogP contribution in [0.3, 0.4) is 0 Å². The first-order valence-corrected chi connectivity index (χ1v) is 5.28. The average molecular weight is 225 g/mol. The molecule has 1 heterocycles. The van der Waals surface area contributed by atoms with Gasteiger partial charge in [0, 0.05) is 26.3 Å².